The third kappa shape index (κ3) is 4.05. The van der Waals surface area contributed by atoms with Crippen molar-refractivity contribution in [1.82, 2.24) is 4.90 Å². The van der Waals surface area contributed by atoms with Crippen LogP contribution < -0.4 is 10.5 Å². The van der Waals surface area contributed by atoms with E-state index in [1.807, 2.05) is 13.0 Å². The molecule has 2 N–H and O–H groups in total. The molecule has 122 valence electrons. The van der Waals surface area contributed by atoms with E-state index in [4.69, 9.17) is 10.5 Å². The molecular formula is C20H26N2O. The molecule has 2 aromatic carbocycles. The Morgan fingerprint density at radius 2 is 1.96 bits per heavy atom. The van der Waals surface area contributed by atoms with Gasteiger partial charge in [-0.2, -0.15) is 0 Å². The summed E-state index contributed by atoms with van der Waals surface area (Å²) < 4.78 is 5.49. The monoisotopic (exact) mass is 310 g/mol. The molecule has 0 saturated carbocycles. The molecule has 0 spiro atoms. The summed E-state index contributed by atoms with van der Waals surface area (Å²) in [6.07, 6.45) is 3.40. The fourth-order valence-electron chi connectivity index (χ4n) is 3.29. The van der Waals surface area contributed by atoms with Crippen LogP contribution in [0.2, 0.25) is 0 Å². The van der Waals surface area contributed by atoms with Crippen LogP contribution in [-0.2, 0) is 19.4 Å². The minimum absolute atomic E-state index is 0.653. The van der Waals surface area contributed by atoms with Gasteiger partial charge in [0.2, 0.25) is 0 Å². The van der Waals surface area contributed by atoms with Crippen molar-refractivity contribution >= 4 is 5.69 Å². The van der Waals surface area contributed by atoms with E-state index >= 15 is 0 Å². The van der Waals surface area contributed by atoms with Crippen LogP contribution in [0.5, 0.6) is 5.75 Å². The van der Waals surface area contributed by atoms with Crippen LogP contribution in [0.4, 0.5) is 5.69 Å². The number of rotatable bonds is 6. The summed E-state index contributed by atoms with van der Waals surface area (Å²) in [4.78, 5) is 2.56. The van der Waals surface area contributed by atoms with Gasteiger partial charge in [0.1, 0.15) is 5.75 Å². The van der Waals surface area contributed by atoms with Gasteiger partial charge in [-0.05, 0) is 61.6 Å². The largest absolute Gasteiger partial charge is 0.492 e. The van der Waals surface area contributed by atoms with E-state index in [2.05, 4.69) is 41.3 Å². The van der Waals surface area contributed by atoms with Crippen LogP contribution in [-0.4, -0.2) is 24.6 Å². The lowest BCUT2D eigenvalue weighted by atomic mass is 9.99. The highest BCUT2D eigenvalue weighted by Gasteiger charge is 2.14. The maximum Gasteiger partial charge on any atom is 0.142 e. The molecule has 3 heteroatoms. The lowest BCUT2D eigenvalue weighted by Gasteiger charge is -2.28. The molecule has 1 heterocycles. The minimum Gasteiger partial charge on any atom is -0.492 e. The van der Waals surface area contributed by atoms with E-state index in [1.165, 1.54) is 29.7 Å². The summed E-state index contributed by atoms with van der Waals surface area (Å²) in [5.41, 5.74) is 11.1. The molecule has 1 aliphatic rings. The number of nitrogens with two attached hydrogens (primary N) is 1. The quantitative estimate of drug-likeness (QED) is 0.828. The average Bonchev–Trinajstić information content (AvgIpc) is 2.57. The topological polar surface area (TPSA) is 38.5 Å². The first kappa shape index (κ1) is 15.9. The molecule has 3 nitrogen and oxygen atoms in total. The molecular weight excluding hydrogens is 284 g/mol. The van der Waals surface area contributed by atoms with Gasteiger partial charge in [0.15, 0.2) is 0 Å². The van der Waals surface area contributed by atoms with Gasteiger partial charge in [-0.25, -0.2) is 0 Å². The number of ether oxygens (including phenoxy) is 1. The van der Waals surface area contributed by atoms with Crippen molar-refractivity contribution < 1.29 is 4.74 Å². The zero-order valence-corrected chi connectivity index (χ0v) is 13.9. The van der Waals surface area contributed by atoms with Crippen LogP contribution in [0.3, 0.4) is 0 Å². The van der Waals surface area contributed by atoms with Crippen LogP contribution >= 0.6 is 0 Å². The Labute approximate surface area is 139 Å². The van der Waals surface area contributed by atoms with Gasteiger partial charge >= 0.3 is 0 Å². The molecule has 0 aromatic heterocycles. The van der Waals surface area contributed by atoms with E-state index in [9.17, 15) is 0 Å². The van der Waals surface area contributed by atoms with Crippen molar-refractivity contribution in [3.63, 3.8) is 0 Å². The van der Waals surface area contributed by atoms with Gasteiger partial charge in [-0.15, -0.1) is 0 Å². The predicted molar refractivity (Wildman–Crippen MR) is 95.8 cm³/mol. The highest BCUT2D eigenvalue weighted by atomic mass is 16.5. The Kier molecular flexibility index (Phi) is 5.19. The first-order valence-electron chi connectivity index (χ1n) is 8.56. The van der Waals surface area contributed by atoms with Crippen LogP contribution in [0.15, 0.2) is 42.5 Å². The van der Waals surface area contributed by atoms with Crippen molar-refractivity contribution in [2.24, 2.45) is 0 Å². The van der Waals surface area contributed by atoms with Crippen molar-refractivity contribution in [3.05, 3.63) is 59.2 Å². The zero-order chi connectivity index (χ0) is 16.1. The maximum absolute atomic E-state index is 6.04. The molecule has 0 aliphatic carbocycles. The van der Waals surface area contributed by atoms with E-state index in [0.29, 0.717) is 6.61 Å². The number of aryl methyl sites for hydroxylation is 1. The number of nitrogens with zero attached hydrogens (tertiary/aromatic N) is 1. The van der Waals surface area contributed by atoms with Gasteiger partial charge in [-0.3, -0.25) is 4.90 Å². The molecule has 0 radical (unpaired) electrons. The number of fused-ring (bicyclic) bond motifs is 1. The Morgan fingerprint density at radius 1 is 1.13 bits per heavy atom. The van der Waals surface area contributed by atoms with Crippen LogP contribution in [0, 0.1) is 0 Å². The fraction of sp³-hybridized carbons (Fsp3) is 0.400. The van der Waals surface area contributed by atoms with E-state index in [-0.39, 0.29) is 0 Å². The zero-order valence-electron chi connectivity index (χ0n) is 13.9. The fourth-order valence-corrected chi connectivity index (χ4v) is 3.29. The van der Waals surface area contributed by atoms with E-state index in [1.54, 1.807) is 0 Å². The van der Waals surface area contributed by atoms with Crippen LogP contribution in [0.25, 0.3) is 0 Å². The summed E-state index contributed by atoms with van der Waals surface area (Å²) in [6.45, 7) is 6.02. The summed E-state index contributed by atoms with van der Waals surface area (Å²) in [7, 11) is 0. The molecule has 2 aromatic rings. The molecule has 0 unspecified atom stereocenters. The second kappa shape index (κ2) is 7.51. The summed E-state index contributed by atoms with van der Waals surface area (Å²) in [5, 5.41) is 0. The summed E-state index contributed by atoms with van der Waals surface area (Å²) in [6, 6.07) is 15.0. The van der Waals surface area contributed by atoms with Crippen LogP contribution in [0.1, 0.15) is 30.0 Å². The first-order chi connectivity index (χ1) is 11.3. The molecule has 1 aliphatic heterocycles. The standard InChI is InChI=1S/C20H26N2O/c1-2-23-20-10-9-16(14-19(20)21)6-5-12-22-13-11-17-7-3-4-8-18(17)15-22/h3-4,7-10,14H,2,5-6,11-13,15,21H2,1H3. The third-order valence-electron chi connectivity index (χ3n) is 4.52. The normalized spacial score (nSPS) is 14.5. The Morgan fingerprint density at radius 3 is 2.74 bits per heavy atom. The van der Waals surface area contributed by atoms with Crippen molar-refractivity contribution in [3.8, 4) is 5.75 Å². The van der Waals surface area contributed by atoms with Crippen molar-refractivity contribution in [2.75, 3.05) is 25.4 Å². The average molecular weight is 310 g/mol. The number of nitrogen functional groups attached to an aromatic ring is 1. The van der Waals surface area contributed by atoms with Gasteiger partial charge < -0.3 is 10.5 Å². The molecule has 0 saturated heterocycles. The van der Waals surface area contributed by atoms with Gasteiger partial charge in [-0.1, -0.05) is 30.3 Å². The number of hydrogen-bond donors (Lipinski definition) is 1. The van der Waals surface area contributed by atoms with E-state index < -0.39 is 0 Å². The van der Waals surface area contributed by atoms with E-state index in [0.717, 1.165) is 37.4 Å². The lowest BCUT2D eigenvalue weighted by molar-refractivity contribution is 0.251. The second-order valence-corrected chi connectivity index (χ2v) is 6.20. The summed E-state index contributed by atoms with van der Waals surface area (Å²) >= 11 is 0. The Balaban J connectivity index is 1.49. The Bertz CT molecular complexity index is 654. The number of hydrogen-bond acceptors (Lipinski definition) is 3. The van der Waals surface area contributed by atoms with Gasteiger partial charge in [0.05, 0.1) is 12.3 Å². The van der Waals surface area contributed by atoms with Crippen molar-refractivity contribution in [1.29, 1.82) is 0 Å². The number of anilines is 1. The highest BCUT2D eigenvalue weighted by Crippen LogP contribution is 2.23. The third-order valence-corrected chi connectivity index (χ3v) is 4.52. The lowest BCUT2D eigenvalue weighted by Crippen LogP contribution is -2.31. The number of benzene rings is 2. The highest BCUT2D eigenvalue weighted by molar-refractivity contribution is 5.54. The van der Waals surface area contributed by atoms with Crippen molar-refractivity contribution in [2.45, 2.75) is 32.7 Å². The Hall–Kier alpha value is -2.00. The van der Waals surface area contributed by atoms with Gasteiger partial charge in [0, 0.05) is 13.1 Å². The predicted octanol–water partition coefficient (Wildman–Crippen LogP) is 3.66. The molecule has 0 fully saturated rings. The molecule has 0 amide bonds. The summed E-state index contributed by atoms with van der Waals surface area (Å²) in [5.74, 6) is 0.795. The maximum atomic E-state index is 6.04. The SMILES string of the molecule is CCOc1ccc(CCCN2CCc3ccccc3C2)cc1N. The molecule has 0 bridgehead atoms. The second-order valence-electron chi connectivity index (χ2n) is 6.20. The molecule has 3 rings (SSSR count). The molecule has 23 heavy (non-hydrogen) atoms. The first-order valence-corrected chi connectivity index (χ1v) is 8.56. The smallest absolute Gasteiger partial charge is 0.142 e. The van der Waals surface area contributed by atoms with Gasteiger partial charge in [0.25, 0.3) is 0 Å². The minimum atomic E-state index is 0.653. The molecule has 0 atom stereocenters.